The number of carbonyl (C=O) groups is 1. The predicted molar refractivity (Wildman–Crippen MR) is 79.5 cm³/mol. The Morgan fingerprint density at radius 2 is 2.05 bits per heavy atom. The van der Waals surface area contributed by atoms with Crippen LogP contribution in [-0.4, -0.2) is 16.1 Å². The Kier molecular flexibility index (Phi) is 3.25. The zero-order valence-corrected chi connectivity index (χ0v) is 11.0. The predicted octanol–water partition coefficient (Wildman–Crippen LogP) is 1.83. The summed E-state index contributed by atoms with van der Waals surface area (Å²) in [7, 11) is 0. The summed E-state index contributed by atoms with van der Waals surface area (Å²) in [6.07, 6.45) is 8.98. The molecule has 0 radical (unpaired) electrons. The number of H-pyrrole nitrogens is 1. The van der Waals surface area contributed by atoms with Gasteiger partial charge in [-0.05, 0) is 23.6 Å². The van der Waals surface area contributed by atoms with E-state index in [0.29, 0.717) is 0 Å². The zero-order valence-electron chi connectivity index (χ0n) is 11.0. The molecule has 100 valence electrons. The van der Waals surface area contributed by atoms with Crippen LogP contribution in [0.3, 0.4) is 0 Å². The first-order chi connectivity index (χ1) is 9.75. The van der Waals surface area contributed by atoms with Crippen LogP contribution in [0.2, 0.25) is 0 Å². The van der Waals surface area contributed by atoms with Crippen molar-refractivity contribution in [3.8, 4) is 11.3 Å². The number of hydrogen-bond donors (Lipinski definition) is 2. The van der Waals surface area contributed by atoms with Crippen molar-refractivity contribution >= 4 is 18.1 Å². The van der Waals surface area contributed by atoms with Crippen LogP contribution in [0, 0.1) is 0 Å². The molecule has 0 saturated carbocycles. The highest BCUT2D eigenvalue weighted by Crippen LogP contribution is 2.18. The molecule has 2 N–H and O–H groups in total. The third kappa shape index (κ3) is 2.30. The van der Waals surface area contributed by atoms with Crippen LogP contribution in [0.1, 0.15) is 12.0 Å². The van der Waals surface area contributed by atoms with Crippen LogP contribution in [-0.2, 0) is 11.2 Å². The fourth-order valence-electron chi connectivity index (χ4n) is 2.55. The summed E-state index contributed by atoms with van der Waals surface area (Å²) in [5.74, 6) is -0.811. The molecule has 20 heavy (non-hydrogen) atoms. The topological polar surface area (TPSA) is 53.1 Å². The average Bonchev–Trinajstić information content (AvgIpc) is 2.63. The first kappa shape index (κ1) is 12.5. The van der Waals surface area contributed by atoms with Gasteiger partial charge in [0, 0.05) is 10.6 Å². The summed E-state index contributed by atoms with van der Waals surface area (Å²) in [4.78, 5) is 14.5. The number of aliphatic carboxylic acids is 1. The smallest absolute Gasteiger partial charge is 0.307 e. The Bertz CT molecular complexity index is 782. The maximum Gasteiger partial charge on any atom is 0.307 e. The van der Waals surface area contributed by atoms with Gasteiger partial charge in [-0.3, -0.25) is 4.79 Å². The standard InChI is InChI=1S/C17H15NO2/c19-16(20)11-14-13-9-5-2-6-10-15(13)18-17(14)12-7-3-1-4-8-12/h1-4,6-10,18H,5,11H2,(H,19,20). The third-order valence-electron chi connectivity index (χ3n) is 3.42. The Morgan fingerprint density at radius 1 is 1.25 bits per heavy atom. The van der Waals surface area contributed by atoms with Gasteiger partial charge in [-0.15, -0.1) is 0 Å². The van der Waals surface area contributed by atoms with Gasteiger partial charge in [0.15, 0.2) is 0 Å². The lowest BCUT2D eigenvalue weighted by Crippen LogP contribution is -2.25. The Hall–Kier alpha value is -2.55. The number of nitrogens with one attached hydrogen (secondary N) is 1. The second-order valence-corrected chi connectivity index (χ2v) is 4.78. The Balaban J connectivity index is 2.27. The molecular weight excluding hydrogens is 250 g/mol. The number of rotatable bonds is 3. The molecule has 0 fully saturated rings. The monoisotopic (exact) mass is 265 g/mol. The van der Waals surface area contributed by atoms with Crippen molar-refractivity contribution in [3.05, 3.63) is 58.6 Å². The van der Waals surface area contributed by atoms with Crippen LogP contribution in [0.5, 0.6) is 0 Å². The maximum absolute atomic E-state index is 11.2. The molecular formula is C17H15NO2. The van der Waals surface area contributed by atoms with E-state index in [1.165, 1.54) is 0 Å². The van der Waals surface area contributed by atoms with Gasteiger partial charge in [-0.1, -0.05) is 48.6 Å². The van der Waals surface area contributed by atoms with E-state index in [9.17, 15) is 9.90 Å². The van der Waals surface area contributed by atoms with Crippen LogP contribution >= 0.6 is 0 Å². The summed E-state index contributed by atoms with van der Waals surface area (Å²) >= 11 is 0. The van der Waals surface area contributed by atoms with E-state index in [1.807, 2.05) is 42.5 Å². The fraction of sp³-hybridized carbons (Fsp3) is 0.118. The molecule has 0 spiro atoms. The molecule has 1 aromatic heterocycles. The number of carboxylic acids is 1. The van der Waals surface area contributed by atoms with E-state index in [0.717, 1.165) is 33.8 Å². The van der Waals surface area contributed by atoms with Crippen molar-refractivity contribution in [2.45, 2.75) is 12.8 Å². The minimum Gasteiger partial charge on any atom is -0.481 e. The van der Waals surface area contributed by atoms with Gasteiger partial charge in [0.05, 0.1) is 12.1 Å². The van der Waals surface area contributed by atoms with Crippen molar-refractivity contribution in [2.75, 3.05) is 0 Å². The lowest BCUT2D eigenvalue weighted by atomic mass is 10.0. The zero-order chi connectivity index (χ0) is 13.9. The molecule has 3 heteroatoms. The van der Waals surface area contributed by atoms with E-state index in [2.05, 4.69) is 17.1 Å². The highest BCUT2D eigenvalue weighted by Gasteiger charge is 2.13. The van der Waals surface area contributed by atoms with E-state index >= 15 is 0 Å². The lowest BCUT2D eigenvalue weighted by molar-refractivity contribution is -0.136. The first-order valence-electron chi connectivity index (χ1n) is 6.61. The largest absolute Gasteiger partial charge is 0.481 e. The number of allylic oxidation sites excluding steroid dienone is 2. The molecule has 1 aliphatic rings. The molecule has 0 amide bonds. The molecule has 1 aromatic carbocycles. The summed E-state index contributed by atoms with van der Waals surface area (Å²) in [6.45, 7) is 0. The van der Waals surface area contributed by atoms with Gasteiger partial charge >= 0.3 is 5.97 Å². The number of aromatic amines is 1. The lowest BCUT2D eigenvalue weighted by Gasteiger charge is -2.02. The SMILES string of the molecule is O=C(O)Cc1c(-c2ccccc2)[nH]c2c1=CCC=CC=2. The highest BCUT2D eigenvalue weighted by molar-refractivity contribution is 5.76. The second-order valence-electron chi connectivity index (χ2n) is 4.78. The van der Waals surface area contributed by atoms with Gasteiger partial charge in [-0.2, -0.15) is 0 Å². The quantitative estimate of drug-likeness (QED) is 0.889. The maximum atomic E-state index is 11.2. The molecule has 3 rings (SSSR count). The third-order valence-corrected chi connectivity index (χ3v) is 3.42. The molecule has 1 aliphatic carbocycles. The molecule has 0 unspecified atom stereocenters. The molecule has 0 saturated heterocycles. The van der Waals surface area contributed by atoms with Crippen molar-refractivity contribution < 1.29 is 9.90 Å². The summed E-state index contributed by atoms with van der Waals surface area (Å²) in [6, 6.07) is 9.85. The van der Waals surface area contributed by atoms with Gasteiger partial charge < -0.3 is 10.1 Å². The highest BCUT2D eigenvalue weighted by atomic mass is 16.4. The van der Waals surface area contributed by atoms with Crippen LogP contribution in [0.4, 0.5) is 0 Å². The van der Waals surface area contributed by atoms with Gasteiger partial charge in [0.1, 0.15) is 0 Å². The summed E-state index contributed by atoms with van der Waals surface area (Å²) in [5, 5.41) is 11.2. The minimum atomic E-state index is -0.811. The van der Waals surface area contributed by atoms with Gasteiger partial charge in [0.2, 0.25) is 0 Å². The first-order valence-corrected chi connectivity index (χ1v) is 6.61. The number of benzene rings is 1. The van der Waals surface area contributed by atoms with Crippen molar-refractivity contribution in [1.29, 1.82) is 0 Å². The summed E-state index contributed by atoms with van der Waals surface area (Å²) < 4.78 is 0. The molecule has 1 heterocycles. The summed E-state index contributed by atoms with van der Waals surface area (Å²) in [5.41, 5.74) is 2.78. The molecule has 0 bridgehead atoms. The van der Waals surface area contributed by atoms with Crippen molar-refractivity contribution in [3.63, 3.8) is 0 Å². The number of hydrogen-bond acceptors (Lipinski definition) is 1. The van der Waals surface area contributed by atoms with Crippen LogP contribution < -0.4 is 10.6 Å². The van der Waals surface area contributed by atoms with Gasteiger partial charge in [-0.25, -0.2) is 0 Å². The van der Waals surface area contributed by atoms with E-state index in [-0.39, 0.29) is 6.42 Å². The van der Waals surface area contributed by atoms with Crippen LogP contribution in [0.15, 0.2) is 42.5 Å². The minimum absolute atomic E-state index is 0.0282. The number of fused-ring (bicyclic) bond motifs is 1. The van der Waals surface area contributed by atoms with E-state index < -0.39 is 5.97 Å². The van der Waals surface area contributed by atoms with E-state index in [1.54, 1.807) is 0 Å². The van der Waals surface area contributed by atoms with Gasteiger partial charge in [0.25, 0.3) is 0 Å². The number of aromatic nitrogens is 1. The molecule has 0 aliphatic heterocycles. The Morgan fingerprint density at radius 3 is 2.80 bits per heavy atom. The normalized spacial score (nSPS) is 13.0. The number of carboxylic acid groups (broad SMARTS) is 1. The molecule has 0 atom stereocenters. The second kappa shape index (κ2) is 5.21. The van der Waals surface area contributed by atoms with Crippen molar-refractivity contribution in [1.82, 2.24) is 4.98 Å². The molecule has 3 nitrogen and oxygen atoms in total. The average molecular weight is 265 g/mol. The van der Waals surface area contributed by atoms with E-state index in [4.69, 9.17) is 0 Å². The fourth-order valence-corrected chi connectivity index (χ4v) is 2.55. The Labute approximate surface area is 116 Å². The molecule has 2 aromatic rings. The van der Waals surface area contributed by atoms with Crippen molar-refractivity contribution in [2.24, 2.45) is 0 Å². The van der Waals surface area contributed by atoms with Crippen LogP contribution in [0.25, 0.3) is 23.4 Å².